The Morgan fingerprint density at radius 1 is 1.17 bits per heavy atom. The molecule has 0 bridgehead atoms. The maximum atomic E-state index is 12.9. The van der Waals surface area contributed by atoms with E-state index in [1.165, 1.54) is 30.6 Å². The van der Waals surface area contributed by atoms with E-state index in [4.69, 9.17) is 0 Å². The number of nitrogens with zero attached hydrogens (tertiary/aromatic N) is 2. The van der Waals surface area contributed by atoms with Crippen LogP contribution in [-0.2, 0) is 6.54 Å². The van der Waals surface area contributed by atoms with Gasteiger partial charge in [-0.3, -0.25) is 14.5 Å². The van der Waals surface area contributed by atoms with Crippen LogP contribution in [0.15, 0.2) is 35.1 Å². The first-order chi connectivity index (χ1) is 14.5. The molecule has 1 N–H and O–H groups in total. The summed E-state index contributed by atoms with van der Waals surface area (Å²) in [4.78, 5) is 28.9. The number of carbonyl (C=O) groups is 1. The molecule has 6 heteroatoms. The van der Waals surface area contributed by atoms with Crippen LogP contribution >= 0.6 is 11.3 Å². The molecule has 5 nitrogen and oxygen atoms in total. The number of likely N-dealkylation sites (tertiary alicyclic amines) is 1. The molecule has 160 valence electrons. The van der Waals surface area contributed by atoms with Gasteiger partial charge in [0.25, 0.3) is 11.5 Å². The fourth-order valence-corrected chi connectivity index (χ4v) is 5.90. The first-order valence-electron chi connectivity index (χ1n) is 11.1. The predicted octanol–water partition coefficient (Wildman–Crippen LogP) is 4.62. The van der Waals surface area contributed by atoms with E-state index in [1.807, 2.05) is 31.2 Å². The number of thiophene rings is 1. The van der Waals surface area contributed by atoms with Gasteiger partial charge in [0, 0.05) is 41.8 Å². The largest absolute Gasteiger partial charge is 0.351 e. The van der Waals surface area contributed by atoms with Crippen molar-refractivity contribution in [3.8, 4) is 0 Å². The summed E-state index contributed by atoms with van der Waals surface area (Å²) in [7, 11) is 0. The summed E-state index contributed by atoms with van der Waals surface area (Å²) in [5.74, 6) is -0.0810. The van der Waals surface area contributed by atoms with Gasteiger partial charge in [0.05, 0.1) is 15.8 Å². The number of fused-ring (bicyclic) bond motifs is 3. The highest BCUT2D eigenvalue weighted by molar-refractivity contribution is 7.21. The Morgan fingerprint density at radius 2 is 1.90 bits per heavy atom. The van der Waals surface area contributed by atoms with Gasteiger partial charge in [-0.05, 0) is 52.2 Å². The van der Waals surface area contributed by atoms with Crippen LogP contribution in [0.3, 0.4) is 0 Å². The van der Waals surface area contributed by atoms with Crippen molar-refractivity contribution in [3.63, 3.8) is 0 Å². The second-order valence-corrected chi connectivity index (χ2v) is 9.45. The van der Waals surface area contributed by atoms with Crippen molar-refractivity contribution in [1.29, 1.82) is 0 Å². The number of rotatable bonds is 6. The molecule has 0 aliphatic carbocycles. The predicted molar refractivity (Wildman–Crippen MR) is 126 cm³/mol. The summed E-state index contributed by atoms with van der Waals surface area (Å²) in [6.07, 6.45) is 4.79. The Balaban J connectivity index is 1.48. The number of para-hydroxylation sites is 1. The highest BCUT2D eigenvalue weighted by atomic mass is 32.1. The number of piperidine rings is 1. The topological polar surface area (TPSA) is 54.3 Å². The number of nitrogens with one attached hydrogen (secondary N) is 1. The fourth-order valence-electron chi connectivity index (χ4n) is 4.80. The smallest absolute Gasteiger partial charge is 0.261 e. The van der Waals surface area contributed by atoms with E-state index in [1.54, 1.807) is 10.6 Å². The summed E-state index contributed by atoms with van der Waals surface area (Å²) in [5, 5.41) is 4.74. The van der Waals surface area contributed by atoms with Gasteiger partial charge in [0.1, 0.15) is 0 Å². The van der Waals surface area contributed by atoms with Crippen LogP contribution in [0.1, 0.15) is 56.1 Å². The van der Waals surface area contributed by atoms with Gasteiger partial charge in [0.15, 0.2) is 0 Å². The third-order valence-corrected chi connectivity index (χ3v) is 7.61. The summed E-state index contributed by atoms with van der Waals surface area (Å²) in [6, 6.07) is 11.0. The van der Waals surface area contributed by atoms with Gasteiger partial charge in [-0.25, -0.2) is 0 Å². The molecule has 4 rings (SSSR count). The van der Waals surface area contributed by atoms with Gasteiger partial charge in [-0.15, -0.1) is 11.3 Å². The third kappa shape index (κ3) is 3.91. The average Bonchev–Trinajstić information content (AvgIpc) is 3.19. The molecule has 2 unspecified atom stereocenters. The van der Waals surface area contributed by atoms with Crippen molar-refractivity contribution in [3.05, 3.63) is 45.6 Å². The number of pyridine rings is 1. The number of benzene rings is 1. The lowest BCUT2D eigenvalue weighted by atomic mass is 9.97. The number of amides is 1. The molecular weight excluding hydrogens is 394 g/mol. The van der Waals surface area contributed by atoms with Crippen LogP contribution in [0.2, 0.25) is 0 Å². The van der Waals surface area contributed by atoms with Crippen LogP contribution in [0.4, 0.5) is 0 Å². The quantitative estimate of drug-likeness (QED) is 0.587. The van der Waals surface area contributed by atoms with Crippen molar-refractivity contribution in [2.24, 2.45) is 0 Å². The van der Waals surface area contributed by atoms with Gasteiger partial charge in [0.2, 0.25) is 0 Å². The second-order valence-electron chi connectivity index (χ2n) is 8.40. The summed E-state index contributed by atoms with van der Waals surface area (Å²) < 4.78 is 2.69. The highest BCUT2D eigenvalue weighted by Crippen LogP contribution is 2.30. The van der Waals surface area contributed by atoms with Crippen LogP contribution in [-0.4, -0.2) is 40.5 Å². The number of hydrogen-bond acceptors (Lipinski definition) is 4. The lowest BCUT2D eigenvalue weighted by Crippen LogP contribution is -2.44. The van der Waals surface area contributed by atoms with Gasteiger partial charge < -0.3 is 9.88 Å². The van der Waals surface area contributed by atoms with E-state index < -0.39 is 0 Å². The van der Waals surface area contributed by atoms with E-state index >= 15 is 0 Å². The fraction of sp³-hybridized carbons (Fsp3) is 0.500. The van der Waals surface area contributed by atoms with Crippen LogP contribution in [0.5, 0.6) is 0 Å². The zero-order valence-electron chi connectivity index (χ0n) is 18.1. The molecule has 3 heterocycles. The molecule has 0 saturated carbocycles. The minimum atomic E-state index is -0.0810. The van der Waals surface area contributed by atoms with Gasteiger partial charge >= 0.3 is 0 Å². The Morgan fingerprint density at radius 3 is 2.63 bits per heavy atom. The molecule has 1 saturated heterocycles. The summed E-state index contributed by atoms with van der Waals surface area (Å²) in [6.45, 7) is 8.87. The van der Waals surface area contributed by atoms with E-state index in [0.29, 0.717) is 35.4 Å². The number of carbonyl (C=O) groups excluding carboxylic acids is 1. The van der Waals surface area contributed by atoms with E-state index in [-0.39, 0.29) is 11.5 Å². The highest BCUT2D eigenvalue weighted by Gasteiger charge is 2.24. The lowest BCUT2D eigenvalue weighted by molar-refractivity contribution is 0.0929. The molecule has 1 aliphatic rings. The Hall–Kier alpha value is -2.18. The van der Waals surface area contributed by atoms with Crippen molar-refractivity contribution >= 4 is 38.2 Å². The molecule has 0 radical (unpaired) electrons. The second kappa shape index (κ2) is 8.90. The summed E-state index contributed by atoms with van der Waals surface area (Å²) >= 11 is 1.42. The number of hydrogen-bond donors (Lipinski definition) is 1. The van der Waals surface area contributed by atoms with E-state index in [2.05, 4.69) is 24.1 Å². The van der Waals surface area contributed by atoms with Crippen LogP contribution < -0.4 is 10.9 Å². The monoisotopic (exact) mass is 425 g/mol. The molecule has 2 atom stereocenters. The zero-order valence-corrected chi connectivity index (χ0v) is 18.9. The minimum absolute atomic E-state index is 0.0189. The first-order valence-corrected chi connectivity index (χ1v) is 11.9. The minimum Gasteiger partial charge on any atom is -0.351 e. The molecule has 1 aliphatic heterocycles. The first kappa shape index (κ1) is 21.1. The number of aryl methyl sites for hydroxylation is 1. The van der Waals surface area contributed by atoms with E-state index in [9.17, 15) is 9.59 Å². The SMILES string of the molecule is CCn1c(=O)c2cc(C(=O)NCCCN3C(C)CCCC3C)sc2c2ccccc21. The standard InChI is InChI=1S/C24H31N3O2S/c1-4-26-20-12-6-5-11-18(20)22-19(24(26)29)15-21(30-22)23(28)25-13-8-14-27-16(2)9-7-10-17(27)3/h5-6,11-12,15-17H,4,7-10,13-14H2,1-3H3,(H,25,28). The van der Waals surface area contributed by atoms with Crippen molar-refractivity contribution in [2.75, 3.05) is 13.1 Å². The van der Waals surface area contributed by atoms with Crippen LogP contribution in [0.25, 0.3) is 21.0 Å². The van der Waals surface area contributed by atoms with E-state index in [0.717, 1.165) is 28.6 Å². The van der Waals surface area contributed by atoms with Crippen molar-refractivity contribution < 1.29 is 4.79 Å². The van der Waals surface area contributed by atoms with Crippen LogP contribution in [0, 0.1) is 0 Å². The Kier molecular flexibility index (Phi) is 6.25. The molecule has 30 heavy (non-hydrogen) atoms. The molecule has 0 spiro atoms. The van der Waals surface area contributed by atoms with Crippen molar-refractivity contribution in [2.45, 2.75) is 65.1 Å². The molecule has 1 aromatic carbocycles. The van der Waals surface area contributed by atoms with Gasteiger partial charge in [-0.2, -0.15) is 0 Å². The lowest BCUT2D eigenvalue weighted by Gasteiger charge is -2.39. The molecule has 1 amide bonds. The third-order valence-electron chi connectivity index (χ3n) is 6.44. The zero-order chi connectivity index (χ0) is 21.3. The summed E-state index contributed by atoms with van der Waals surface area (Å²) in [5.41, 5.74) is 0.908. The Bertz CT molecular complexity index is 1110. The van der Waals surface area contributed by atoms with Crippen molar-refractivity contribution in [1.82, 2.24) is 14.8 Å². The maximum absolute atomic E-state index is 12.9. The molecule has 2 aromatic heterocycles. The number of aromatic nitrogens is 1. The Labute approximate surface area is 181 Å². The average molecular weight is 426 g/mol. The van der Waals surface area contributed by atoms with Gasteiger partial charge in [-0.1, -0.05) is 24.6 Å². The molecular formula is C24H31N3O2S. The molecule has 1 fully saturated rings. The maximum Gasteiger partial charge on any atom is 0.261 e. The molecule has 3 aromatic rings. The normalized spacial score (nSPS) is 20.1.